The Morgan fingerprint density at radius 2 is 2.38 bits per heavy atom. The number of nitro benzene ring substituents is 1. The van der Waals surface area contributed by atoms with Gasteiger partial charge in [-0.2, -0.15) is 0 Å². The number of nitrogens with one attached hydrogen (secondary N) is 1. The molecule has 2 rings (SSSR count). The minimum atomic E-state index is -0.451. The van der Waals surface area contributed by atoms with Gasteiger partial charge in [-0.25, -0.2) is 0 Å². The molecule has 6 nitrogen and oxygen atoms in total. The standard InChI is InChI=1S/C14H19ClN2O4/c1-10-7-11(17(18)19)8-13(15)14(10)16-4-6-20-9-12-3-2-5-21-12/h7-8,12,16H,2-6,9H2,1H3. The number of aryl methyl sites for hydroxylation is 1. The van der Waals surface area contributed by atoms with Gasteiger partial charge in [-0.05, 0) is 25.3 Å². The van der Waals surface area contributed by atoms with Gasteiger partial charge in [0.15, 0.2) is 0 Å². The van der Waals surface area contributed by atoms with E-state index in [0.717, 1.165) is 25.0 Å². The molecule has 0 spiro atoms. The highest BCUT2D eigenvalue weighted by atomic mass is 35.5. The van der Waals surface area contributed by atoms with Crippen LogP contribution in [0.5, 0.6) is 0 Å². The van der Waals surface area contributed by atoms with Crippen LogP contribution in [0.4, 0.5) is 11.4 Å². The number of hydrogen-bond donors (Lipinski definition) is 1. The van der Waals surface area contributed by atoms with E-state index in [4.69, 9.17) is 21.1 Å². The van der Waals surface area contributed by atoms with Crippen LogP contribution in [0.25, 0.3) is 0 Å². The van der Waals surface area contributed by atoms with Crippen molar-refractivity contribution in [1.82, 2.24) is 0 Å². The van der Waals surface area contributed by atoms with Crippen LogP contribution in [0, 0.1) is 17.0 Å². The Morgan fingerprint density at radius 3 is 3.00 bits per heavy atom. The Hall–Kier alpha value is -1.37. The number of halogens is 1. The first-order valence-electron chi connectivity index (χ1n) is 6.95. The van der Waals surface area contributed by atoms with E-state index in [2.05, 4.69) is 5.32 Å². The molecule has 1 N–H and O–H groups in total. The summed E-state index contributed by atoms with van der Waals surface area (Å²) in [4.78, 5) is 10.3. The van der Waals surface area contributed by atoms with E-state index in [9.17, 15) is 10.1 Å². The van der Waals surface area contributed by atoms with Gasteiger partial charge in [0, 0.05) is 25.3 Å². The molecule has 0 saturated carbocycles. The molecule has 1 aromatic carbocycles. The van der Waals surface area contributed by atoms with Crippen LogP contribution in [0.2, 0.25) is 5.02 Å². The average Bonchev–Trinajstić information content (AvgIpc) is 2.93. The molecule has 0 radical (unpaired) electrons. The lowest BCUT2D eigenvalue weighted by atomic mass is 10.2. The van der Waals surface area contributed by atoms with Crippen LogP contribution in [0.3, 0.4) is 0 Å². The number of rotatable bonds is 7. The van der Waals surface area contributed by atoms with Crippen LogP contribution >= 0.6 is 11.6 Å². The van der Waals surface area contributed by atoms with Gasteiger partial charge in [-0.15, -0.1) is 0 Å². The molecular weight excluding hydrogens is 296 g/mol. The minimum absolute atomic E-state index is 0.00215. The minimum Gasteiger partial charge on any atom is -0.381 e. The van der Waals surface area contributed by atoms with Crippen molar-refractivity contribution in [2.75, 3.05) is 31.7 Å². The molecule has 21 heavy (non-hydrogen) atoms. The Morgan fingerprint density at radius 1 is 1.57 bits per heavy atom. The summed E-state index contributed by atoms with van der Waals surface area (Å²) >= 11 is 6.07. The summed E-state index contributed by atoms with van der Waals surface area (Å²) in [6.45, 7) is 4.34. The SMILES string of the molecule is Cc1cc([N+](=O)[O-])cc(Cl)c1NCCOCC1CCCO1. The lowest BCUT2D eigenvalue weighted by Crippen LogP contribution is -2.18. The van der Waals surface area contributed by atoms with Gasteiger partial charge >= 0.3 is 0 Å². The van der Waals surface area contributed by atoms with E-state index in [-0.39, 0.29) is 11.8 Å². The highest BCUT2D eigenvalue weighted by Crippen LogP contribution is 2.30. The second-order valence-corrected chi connectivity index (χ2v) is 5.42. The van der Waals surface area contributed by atoms with Gasteiger partial charge in [-0.1, -0.05) is 11.6 Å². The average molecular weight is 315 g/mol. The quantitative estimate of drug-likeness (QED) is 0.475. The van der Waals surface area contributed by atoms with E-state index in [1.807, 2.05) is 0 Å². The lowest BCUT2D eigenvalue weighted by molar-refractivity contribution is -0.384. The fourth-order valence-electron chi connectivity index (χ4n) is 2.29. The summed E-state index contributed by atoms with van der Waals surface area (Å²) in [5.41, 5.74) is 1.45. The third-order valence-corrected chi connectivity index (χ3v) is 3.66. The van der Waals surface area contributed by atoms with Gasteiger partial charge in [0.25, 0.3) is 5.69 Å². The third kappa shape index (κ3) is 4.56. The fourth-order valence-corrected chi connectivity index (χ4v) is 2.62. The molecular formula is C14H19ClN2O4. The first-order valence-corrected chi connectivity index (χ1v) is 7.33. The zero-order valence-corrected chi connectivity index (χ0v) is 12.7. The van der Waals surface area contributed by atoms with Crippen molar-refractivity contribution in [3.63, 3.8) is 0 Å². The van der Waals surface area contributed by atoms with E-state index in [1.165, 1.54) is 12.1 Å². The fraction of sp³-hybridized carbons (Fsp3) is 0.571. The number of nitro groups is 1. The first-order chi connectivity index (χ1) is 10.1. The molecule has 1 unspecified atom stereocenters. The van der Waals surface area contributed by atoms with Gasteiger partial charge in [-0.3, -0.25) is 10.1 Å². The molecule has 1 saturated heterocycles. The Labute approximate surface area is 128 Å². The molecule has 1 aliphatic rings. The summed E-state index contributed by atoms with van der Waals surface area (Å²) in [5, 5.41) is 14.2. The van der Waals surface area contributed by atoms with Crippen molar-refractivity contribution in [2.24, 2.45) is 0 Å². The summed E-state index contributed by atoms with van der Waals surface area (Å²) in [7, 11) is 0. The van der Waals surface area contributed by atoms with Crippen molar-refractivity contribution in [3.05, 3.63) is 32.8 Å². The van der Waals surface area contributed by atoms with Crippen molar-refractivity contribution in [2.45, 2.75) is 25.9 Å². The van der Waals surface area contributed by atoms with Crippen molar-refractivity contribution in [1.29, 1.82) is 0 Å². The van der Waals surface area contributed by atoms with Crippen molar-refractivity contribution in [3.8, 4) is 0 Å². The summed E-state index contributed by atoms with van der Waals surface area (Å²) in [6, 6.07) is 2.85. The summed E-state index contributed by atoms with van der Waals surface area (Å²) in [6.07, 6.45) is 2.37. The Bertz CT molecular complexity index is 481. The molecule has 1 fully saturated rings. The first kappa shape index (κ1) is 16.0. The van der Waals surface area contributed by atoms with E-state index in [0.29, 0.717) is 30.5 Å². The normalized spacial score (nSPS) is 17.9. The topological polar surface area (TPSA) is 73.6 Å². The predicted molar refractivity (Wildman–Crippen MR) is 81.1 cm³/mol. The molecule has 0 aliphatic carbocycles. The third-order valence-electron chi connectivity index (χ3n) is 3.36. The second-order valence-electron chi connectivity index (χ2n) is 5.01. The highest BCUT2D eigenvalue weighted by molar-refractivity contribution is 6.33. The molecule has 1 heterocycles. The molecule has 1 aromatic rings. The number of benzene rings is 1. The van der Waals surface area contributed by atoms with E-state index >= 15 is 0 Å². The maximum absolute atomic E-state index is 10.7. The van der Waals surface area contributed by atoms with Crippen LogP contribution in [0.15, 0.2) is 12.1 Å². The smallest absolute Gasteiger partial charge is 0.271 e. The Kier molecular flexibility index (Phi) is 5.78. The zero-order chi connectivity index (χ0) is 15.2. The lowest BCUT2D eigenvalue weighted by Gasteiger charge is -2.13. The number of nitrogens with zero attached hydrogens (tertiary/aromatic N) is 1. The maximum Gasteiger partial charge on any atom is 0.271 e. The number of non-ortho nitro benzene ring substituents is 1. The second kappa shape index (κ2) is 7.59. The van der Waals surface area contributed by atoms with Gasteiger partial charge in [0.05, 0.1) is 35.0 Å². The molecule has 116 valence electrons. The molecule has 0 bridgehead atoms. The van der Waals surface area contributed by atoms with Crippen LogP contribution in [0.1, 0.15) is 18.4 Å². The van der Waals surface area contributed by atoms with Crippen LogP contribution < -0.4 is 5.32 Å². The van der Waals surface area contributed by atoms with Gasteiger partial charge < -0.3 is 14.8 Å². The van der Waals surface area contributed by atoms with Crippen LogP contribution in [-0.2, 0) is 9.47 Å². The largest absolute Gasteiger partial charge is 0.381 e. The van der Waals surface area contributed by atoms with Crippen molar-refractivity contribution >= 4 is 23.0 Å². The molecule has 7 heteroatoms. The van der Waals surface area contributed by atoms with E-state index < -0.39 is 4.92 Å². The number of ether oxygens (including phenoxy) is 2. The summed E-state index contributed by atoms with van der Waals surface area (Å²) < 4.78 is 11.0. The molecule has 0 amide bonds. The monoisotopic (exact) mass is 314 g/mol. The molecule has 1 aliphatic heterocycles. The summed E-state index contributed by atoms with van der Waals surface area (Å²) in [5.74, 6) is 0. The van der Waals surface area contributed by atoms with Gasteiger partial charge in [0.2, 0.25) is 0 Å². The van der Waals surface area contributed by atoms with Crippen molar-refractivity contribution < 1.29 is 14.4 Å². The Balaban J connectivity index is 1.78. The van der Waals surface area contributed by atoms with Crippen LogP contribution in [-0.4, -0.2) is 37.4 Å². The maximum atomic E-state index is 10.7. The number of anilines is 1. The molecule has 0 aromatic heterocycles. The van der Waals surface area contributed by atoms with E-state index in [1.54, 1.807) is 6.92 Å². The number of hydrogen-bond acceptors (Lipinski definition) is 5. The zero-order valence-electron chi connectivity index (χ0n) is 11.9. The van der Waals surface area contributed by atoms with Gasteiger partial charge in [0.1, 0.15) is 0 Å². The predicted octanol–water partition coefficient (Wildman–Crippen LogP) is 3.16. The molecule has 1 atom stereocenters. The highest BCUT2D eigenvalue weighted by Gasteiger charge is 2.15.